The summed E-state index contributed by atoms with van der Waals surface area (Å²) in [7, 11) is 0. The van der Waals surface area contributed by atoms with Gasteiger partial charge in [0.25, 0.3) is 0 Å². The maximum atomic E-state index is 13.0. The number of hydrogen-bond acceptors (Lipinski definition) is 2. The summed E-state index contributed by atoms with van der Waals surface area (Å²) in [6.45, 7) is 3.84. The minimum atomic E-state index is -4.44. The van der Waals surface area contributed by atoms with Crippen molar-refractivity contribution in [3.8, 4) is 0 Å². The Morgan fingerprint density at radius 3 is 2.64 bits per heavy atom. The van der Waals surface area contributed by atoms with E-state index in [1.54, 1.807) is 0 Å². The van der Waals surface area contributed by atoms with Crippen LogP contribution in [-0.2, 0) is 17.4 Å². The quantitative estimate of drug-likeness (QED) is 0.836. The van der Waals surface area contributed by atoms with Gasteiger partial charge in [-0.2, -0.15) is 13.2 Å². The minimum absolute atomic E-state index is 0.134. The molecule has 25 heavy (non-hydrogen) atoms. The Morgan fingerprint density at radius 1 is 1.16 bits per heavy atom. The average molecular weight is 348 g/mol. The number of alkyl halides is 3. The minimum Gasteiger partial charge on any atom is -0.384 e. The van der Waals surface area contributed by atoms with Crippen LogP contribution in [0.1, 0.15) is 22.3 Å². The third kappa shape index (κ3) is 3.78. The third-order valence-electron chi connectivity index (χ3n) is 4.45. The molecule has 3 rings (SSSR count). The van der Waals surface area contributed by atoms with Gasteiger partial charge >= 0.3 is 6.18 Å². The van der Waals surface area contributed by atoms with Crippen molar-refractivity contribution in [3.63, 3.8) is 0 Å². The van der Waals surface area contributed by atoms with Crippen molar-refractivity contribution in [2.75, 3.05) is 17.2 Å². The van der Waals surface area contributed by atoms with E-state index < -0.39 is 11.7 Å². The molecule has 0 saturated carbocycles. The first-order valence-electron chi connectivity index (χ1n) is 8.06. The Morgan fingerprint density at radius 2 is 1.92 bits per heavy atom. The van der Waals surface area contributed by atoms with Crippen molar-refractivity contribution in [3.05, 3.63) is 58.7 Å². The summed E-state index contributed by atoms with van der Waals surface area (Å²) in [4.78, 5) is 12.5. The van der Waals surface area contributed by atoms with Crippen molar-refractivity contribution < 1.29 is 18.0 Å². The van der Waals surface area contributed by atoms with Crippen LogP contribution in [0, 0.1) is 19.8 Å². The van der Waals surface area contributed by atoms with E-state index in [0.717, 1.165) is 22.9 Å². The highest BCUT2D eigenvalue weighted by atomic mass is 19.4. The molecule has 1 atom stereocenters. The Bertz CT molecular complexity index is 815. The van der Waals surface area contributed by atoms with Gasteiger partial charge in [-0.25, -0.2) is 0 Å². The lowest BCUT2D eigenvalue weighted by molar-refractivity contribution is -0.138. The zero-order valence-electron chi connectivity index (χ0n) is 14.0. The van der Waals surface area contributed by atoms with E-state index >= 15 is 0 Å². The van der Waals surface area contributed by atoms with Crippen molar-refractivity contribution in [1.82, 2.24) is 0 Å². The van der Waals surface area contributed by atoms with Crippen molar-refractivity contribution in [2.24, 2.45) is 5.92 Å². The number of amides is 1. The molecule has 1 amide bonds. The number of aryl methyl sites for hydroxylation is 2. The number of carbonyl (C=O) groups excluding carboxylic acids is 1. The maximum absolute atomic E-state index is 13.0. The molecule has 1 heterocycles. The van der Waals surface area contributed by atoms with Gasteiger partial charge in [-0.3, -0.25) is 4.79 Å². The van der Waals surface area contributed by atoms with Crippen molar-refractivity contribution in [2.45, 2.75) is 26.4 Å². The number of anilines is 2. The molecule has 0 spiro atoms. The second kappa shape index (κ2) is 6.43. The van der Waals surface area contributed by atoms with E-state index in [1.807, 2.05) is 25.1 Å². The van der Waals surface area contributed by atoms with Gasteiger partial charge in [0.15, 0.2) is 0 Å². The average Bonchev–Trinajstić information content (AvgIpc) is 2.54. The fourth-order valence-corrected chi connectivity index (χ4v) is 3.07. The lowest BCUT2D eigenvalue weighted by Crippen LogP contribution is -2.33. The van der Waals surface area contributed by atoms with E-state index in [-0.39, 0.29) is 23.1 Å². The molecule has 1 aliphatic heterocycles. The molecule has 0 aromatic heterocycles. The van der Waals surface area contributed by atoms with Gasteiger partial charge in [-0.05, 0) is 49.6 Å². The second-order valence-electron chi connectivity index (χ2n) is 6.46. The van der Waals surface area contributed by atoms with Gasteiger partial charge in [0.1, 0.15) is 0 Å². The molecule has 2 aromatic carbocycles. The summed E-state index contributed by atoms with van der Waals surface area (Å²) in [6, 6.07) is 9.86. The molecule has 0 radical (unpaired) electrons. The summed E-state index contributed by atoms with van der Waals surface area (Å²) < 4.78 is 39.0. The standard InChI is InChI=1S/C19H19F3N2O/c1-11-3-6-17-13(7-11)8-14(10-23-17)18(25)24-15-5-4-12(2)16(9-15)19(20,21)22/h3-7,9,14,23H,8,10H2,1-2H3,(H,24,25). The van der Waals surface area contributed by atoms with E-state index in [2.05, 4.69) is 10.6 Å². The maximum Gasteiger partial charge on any atom is 0.416 e. The lowest BCUT2D eigenvalue weighted by atomic mass is 9.92. The first-order chi connectivity index (χ1) is 11.7. The smallest absolute Gasteiger partial charge is 0.384 e. The highest BCUT2D eigenvalue weighted by molar-refractivity contribution is 5.93. The SMILES string of the molecule is Cc1ccc2c(c1)CC(C(=O)Nc1ccc(C)c(C(F)(F)F)c1)CN2. The molecule has 3 nitrogen and oxygen atoms in total. The predicted molar refractivity (Wildman–Crippen MR) is 91.7 cm³/mol. The van der Waals surface area contributed by atoms with Crippen molar-refractivity contribution in [1.29, 1.82) is 0 Å². The van der Waals surface area contributed by atoms with Crippen LogP contribution in [0.3, 0.4) is 0 Å². The van der Waals surface area contributed by atoms with Gasteiger partial charge in [0, 0.05) is 17.9 Å². The first-order valence-corrected chi connectivity index (χ1v) is 8.06. The van der Waals surface area contributed by atoms with Gasteiger partial charge in [0.05, 0.1) is 11.5 Å². The fourth-order valence-electron chi connectivity index (χ4n) is 3.07. The van der Waals surface area contributed by atoms with Gasteiger partial charge in [0.2, 0.25) is 5.91 Å². The van der Waals surface area contributed by atoms with Crippen LogP contribution in [0.2, 0.25) is 0 Å². The van der Waals surface area contributed by atoms with Gasteiger partial charge in [-0.15, -0.1) is 0 Å². The number of carbonyl (C=O) groups is 1. The largest absolute Gasteiger partial charge is 0.416 e. The van der Waals surface area contributed by atoms with Crippen molar-refractivity contribution >= 4 is 17.3 Å². The molecule has 1 unspecified atom stereocenters. The number of halogens is 3. The monoisotopic (exact) mass is 348 g/mol. The van der Waals surface area contributed by atoms with E-state index in [4.69, 9.17) is 0 Å². The van der Waals surface area contributed by atoms with E-state index in [9.17, 15) is 18.0 Å². The summed E-state index contributed by atoms with van der Waals surface area (Å²) in [5, 5.41) is 5.83. The fraction of sp³-hybridized carbons (Fsp3) is 0.316. The number of fused-ring (bicyclic) bond motifs is 1. The zero-order valence-corrected chi connectivity index (χ0v) is 14.0. The Kier molecular flexibility index (Phi) is 4.45. The van der Waals surface area contributed by atoms with Crippen LogP contribution in [0.25, 0.3) is 0 Å². The van der Waals surface area contributed by atoms with Gasteiger partial charge in [-0.1, -0.05) is 23.8 Å². The number of benzene rings is 2. The molecule has 0 fully saturated rings. The summed E-state index contributed by atoms with van der Waals surface area (Å²) in [5.41, 5.74) is 2.73. The summed E-state index contributed by atoms with van der Waals surface area (Å²) >= 11 is 0. The normalized spacial score (nSPS) is 16.8. The number of hydrogen-bond donors (Lipinski definition) is 2. The summed E-state index contributed by atoms with van der Waals surface area (Å²) in [6.07, 6.45) is -3.87. The zero-order chi connectivity index (χ0) is 18.2. The van der Waals surface area contributed by atoms with Crippen LogP contribution in [0.5, 0.6) is 0 Å². The Labute approximate surface area is 144 Å². The van der Waals surface area contributed by atoms with E-state index in [0.29, 0.717) is 13.0 Å². The summed E-state index contributed by atoms with van der Waals surface area (Å²) in [5.74, 6) is -0.610. The Balaban J connectivity index is 1.75. The molecular formula is C19H19F3N2O. The molecular weight excluding hydrogens is 329 g/mol. The van der Waals surface area contributed by atoms with Crippen LogP contribution < -0.4 is 10.6 Å². The molecule has 0 bridgehead atoms. The van der Waals surface area contributed by atoms with E-state index in [1.165, 1.54) is 19.1 Å². The first kappa shape index (κ1) is 17.3. The highest BCUT2D eigenvalue weighted by Crippen LogP contribution is 2.34. The Hall–Kier alpha value is -2.50. The van der Waals surface area contributed by atoms with Crippen LogP contribution in [-0.4, -0.2) is 12.5 Å². The molecule has 0 saturated heterocycles. The second-order valence-corrected chi connectivity index (χ2v) is 6.46. The number of rotatable bonds is 2. The van der Waals surface area contributed by atoms with Crippen LogP contribution in [0.4, 0.5) is 24.5 Å². The predicted octanol–water partition coefficient (Wildman–Crippen LogP) is 4.55. The topological polar surface area (TPSA) is 41.1 Å². The molecule has 6 heteroatoms. The molecule has 1 aliphatic rings. The van der Waals surface area contributed by atoms with Gasteiger partial charge < -0.3 is 10.6 Å². The molecule has 2 N–H and O–H groups in total. The van der Waals surface area contributed by atoms with Crippen LogP contribution in [0.15, 0.2) is 36.4 Å². The number of nitrogens with one attached hydrogen (secondary N) is 2. The molecule has 132 valence electrons. The molecule has 2 aromatic rings. The molecule has 0 aliphatic carbocycles. The highest BCUT2D eigenvalue weighted by Gasteiger charge is 2.33. The third-order valence-corrected chi connectivity index (χ3v) is 4.45. The van der Waals surface area contributed by atoms with Crippen LogP contribution >= 0.6 is 0 Å². The lowest BCUT2D eigenvalue weighted by Gasteiger charge is -2.26.